The molecule has 0 spiro atoms. The minimum Gasteiger partial charge on any atom is -0.493 e. The maximum absolute atomic E-state index is 5.92. The third-order valence-corrected chi connectivity index (χ3v) is 3.23. The van der Waals surface area contributed by atoms with Crippen LogP contribution in [-0.4, -0.2) is 11.6 Å². The Balaban J connectivity index is 2.07. The molecule has 2 rings (SSSR count). The van der Waals surface area contributed by atoms with E-state index in [0.29, 0.717) is 18.8 Å². The minimum absolute atomic E-state index is 0.681. The second-order valence-corrected chi connectivity index (χ2v) is 4.96. The van der Waals surface area contributed by atoms with Gasteiger partial charge in [0, 0.05) is 29.7 Å². The molecular formula is C17H23N3O. The fraction of sp³-hybridized carbons (Fsp3) is 0.353. The van der Waals surface area contributed by atoms with Crippen molar-refractivity contribution < 1.29 is 4.74 Å². The molecule has 1 aromatic heterocycles. The number of aryl methyl sites for hydroxylation is 1. The molecular weight excluding hydrogens is 262 g/mol. The van der Waals surface area contributed by atoms with Crippen molar-refractivity contribution >= 4 is 11.4 Å². The van der Waals surface area contributed by atoms with Crippen LogP contribution in [0.5, 0.6) is 5.75 Å². The lowest BCUT2D eigenvalue weighted by atomic mass is 10.1. The number of rotatable bonds is 7. The first kappa shape index (κ1) is 15.2. The zero-order chi connectivity index (χ0) is 15.1. The SMILES string of the molecule is CCCOc1cc(N)cc(NCc2ncccc2CC)c1. The van der Waals surface area contributed by atoms with Gasteiger partial charge >= 0.3 is 0 Å². The maximum atomic E-state index is 5.92. The molecule has 0 aliphatic heterocycles. The Morgan fingerprint density at radius 2 is 2.10 bits per heavy atom. The van der Waals surface area contributed by atoms with Crippen LogP contribution in [0.25, 0.3) is 0 Å². The number of nitrogen functional groups attached to an aromatic ring is 1. The molecule has 112 valence electrons. The van der Waals surface area contributed by atoms with Crippen LogP contribution in [0.2, 0.25) is 0 Å². The lowest BCUT2D eigenvalue weighted by Crippen LogP contribution is -2.05. The fourth-order valence-electron chi connectivity index (χ4n) is 2.17. The van der Waals surface area contributed by atoms with E-state index in [-0.39, 0.29) is 0 Å². The predicted octanol–water partition coefficient (Wildman–Crippen LogP) is 3.63. The minimum atomic E-state index is 0.681. The van der Waals surface area contributed by atoms with E-state index < -0.39 is 0 Å². The first-order valence-electron chi connectivity index (χ1n) is 7.43. The largest absolute Gasteiger partial charge is 0.493 e. The van der Waals surface area contributed by atoms with Crippen molar-refractivity contribution in [2.75, 3.05) is 17.7 Å². The summed E-state index contributed by atoms with van der Waals surface area (Å²) in [5.41, 5.74) is 9.90. The van der Waals surface area contributed by atoms with E-state index in [4.69, 9.17) is 10.5 Å². The first-order valence-corrected chi connectivity index (χ1v) is 7.43. The summed E-state index contributed by atoms with van der Waals surface area (Å²) < 4.78 is 5.64. The quantitative estimate of drug-likeness (QED) is 0.763. The van der Waals surface area contributed by atoms with Crippen molar-refractivity contribution in [2.24, 2.45) is 0 Å². The highest BCUT2D eigenvalue weighted by molar-refractivity contribution is 5.59. The van der Waals surface area contributed by atoms with Crippen molar-refractivity contribution in [3.05, 3.63) is 47.8 Å². The number of benzene rings is 1. The highest BCUT2D eigenvalue weighted by Crippen LogP contribution is 2.23. The van der Waals surface area contributed by atoms with Crippen LogP contribution < -0.4 is 15.8 Å². The molecule has 0 bridgehead atoms. The van der Waals surface area contributed by atoms with Crippen LogP contribution in [0, 0.1) is 0 Å². The molecule has 4 heteroatoms. The molecule has 0 radical (unpaired) electrons. The number of hydrogen-bond acceptors (Lipinski definition) is 4. The summed E-state index contributed by atoms with van der Waals surface area (Å²) in [5.74, 6) is 0.802. The summed E-state index contributed by atoms with van der Waals surface area (Å²) in [6, 6.07) is 9.81. The summed E-state index contributed by atoms with van der Waals surface area (Å²) in [7, 11) is 0. The third kappa shape index (κ3) is 4.38. The first-order chi connectivity index (χ1) is 10.2. The molecule has 0 unspecified atom stereocenters. The molecule has 1 aromatic carbocycles. The second kappa shape index (κ2) is 7.53. The number of nitrogens with one attached hydrogen (secondary N) is 1. The molecule has 1 heterocycles. The normalized spacial score (nSPS) is 10.4. The average Bonchev–Trinajstić information content (AvgIpc) is 2.50. The Bertz CT molecular complexity index is 584. The van der Waals surface area contributed by atoms with Gasteiger partial charge in [-0.05, 0) is 30.5 Å². The molecule has 4 nitrogen and oxygen atoms in total. The van der Waals surface area contributed by atoms with Gasteiger partial charge in [-0.1, -0.05) is 19.9 Å². The molecule has 21 heavy (non-hydrogen) atoms. The Labute approximate surface area is 126 Å². The van der Waals surface area contributed by atoms with Crippen LogP contribution in [0.1, 0.15) is 31.5 Å². The highest BCUT2D eigenvalue weighted by atomic mass is 16.5. The fourth-order valence-corrected chi connectivity index (χ4v) is 2.17. The van der Waals surface area contributed by atoms with Gasteiger partial charge in [0.25, 0.3) is 0 Å². The number of pyridine rings is 1. The van der Waals surface area contributed by atoms with Crippen molar-refractivity contribution in [2.45, 2.75) is 33.2 Å². The molecule has 0 fully saturated rings. The molecule has 0 atom stereocenters. The lowest BCUT2D eigenvalue weighted by molar-refractivity contribution is 0.318. The topological polar surface area (TPSA) is 60.2 Å². The van der Waals surface area contributed by atoms with E-state index >= 15 is 0 Å². The van der Waals surface area contributed by atoms with E-state index in [1.54, 1.807) is 0 Å². The molecule has 0 aliphatic rings. The van der Waals surface area contributed by atoms with Gasteiger partial charge in [0.15, 0.2) is 0 Å². The monoisotopic (exact) mass is 285 g/mol. The summed E-state index contributed by atoms with van der Waals surface area (Å²) >= 11 is 0. The van der Waals surface area contributed by atoms with Gasteiger partial charge in [-0.2, -0.15) is 0 Å². The van der Waals surface area contributed by atoms with Crippen LogP contribution in [0.15, 0.2) is 36.5 Å². The van der Waals surface area contributed by atoms with Crippen LogP contribution >= 0.6 is 0 Å². The van der Waals surface area contributed by atoms with Gasteiger partial charge in [-0.3, -0.25) is 4.98 Å². The van der Waals surface area contributed by atoms with Crippen molar-refractivity contribution in [1.82, 2.24) is 4.98 Å². The van der Waals surface area contributed by atoms with Gasteiger partial charge < -0.3 is 15.8 Å². The van der Waals surface area contributed by atoms with Gasteiger partial charge in [0.2, 0.25) is 0 Å². The highest BCUT2D eigenvalue weighted by Gasteiger charge is 2.03. The summed E-state index contributed by atoms with van der Waals surface area (Å²) in [4.78, 5) is 4.43. The maximum Gasteiger partial charge on any atom is 0.123 e. The van der Waals surface area contributed by atoms with E-state index in [2.05, 4.69) is 30.2 Å². The average molecular weight is 285 g/mol. The Morgan fingerprint density at radius 3 is 2.86 bits per heavy atom. The van der Waals surface area contributed by atoms with Crippen molar-refractivity contribution in [3.63, 3.8) is 0 Å². The van der Waals surface area contributed by atoms with Crippen molar-refractivity contribution in [1.29, 1.82) is 0 Å². The number of ether oxygens (including phenoxy) is 1. The van der Waals surface area contributed by atoms with E-state index in [1.165, 1.54) is 5.56 Å². The number of hydrogen-bond donors (Lipinski definition) is 2. The Morgan fingerprint density at radius 1 is 1.24 bits per heavy atom. The van der Waals surface area contributed by atoms with Gasteiger partial charge in [0.05, 0.1) is 18.8 Å². The zero-order valence-corrected chi connectivity index (χ0v) is 12.7. The van der Waals surface area contributed by atoms with Gasteiger partial charge in [0.1, 0.15) is 5.75 Å². The van der Waals surface area contributed by atoms with Gasteiger partial charge in [-0.15, -0.1) is 0 Å². The predicted molar refractivity (Wildman–Crippen MR) is 87.6 cm³/mol. The van der Waals surface area contributed by atoms with E-state index in [1.807, 2.05) is 30.5 Å². The van der Waals surface area contributed by atoms with E-state index in [0.717, 1.165) is 30.0 Å². The molecule has 0 saturated carbocycles. The van der Waals surface area contributed by atoms with Gasteiger partial charge in [-0.25, -0.2) is 0 Å². The summed E-state index contributed by atoms with van der Waals surface area (Å²) in [5, 5.41) is 3.37. The molecule has 0 amide bonds. The lowest BCUT2D eigenvalue weighted by Gasteiger charge is -2.12. The Kier molecular flexibility index (Phi) is 5.43. The zero-order valence-electron chi connectivity index (χ0n) is 12.7. The number of anilines is 2. The molecule has 0 saturated heterocycles. The smallest absolute Gasteiger partial charge is 0.123 e. The van der Waals surface area contributed by atoms with E-state index in [9.17, 15) is 0 Å². The molecule has 2 aromatic rings. The van der Waals surface area contributed by atoms with Crippen molar-refractivity contribution in [3.8, 4) is 5.75 Å². The standard InChI is InChI=1S/C17H23N3O/c1-3-8-21-16-10-14(18)9-15(11-16)20-12-17-13(4-2)6-5-7-19-17/h5-7,9-11,20H,3-4,8,12,18H2,1-2H3. The Hall–Kier alpha value is -2.23. The summed E-state index contributed by atoms with van der Waals surface area (Å²) in [6.45, 7) is 5.60. The number of aromatic nitrogens is 1. The van der Waals surface area contributed by atoms with Crippen LogP contribution in [0.4, 0.5) is 11.4 Å². The molecule has 3 N–H and O–H groups in total. The van der Waals surface area contributed by atoms with Crippen LogP contribution in [-0.2, 0) is 13.0 Å². The molecule has 0 aliphatic carbocycles. The second-order valence-electron chi connectivity index (χ2n) is 4.96. The third-order valence-electron chi connectivity index (χ3n) is 3.23. The van der Waals surface area contributed by atoms with Crippen LogP contribution in [0.3, 0.4) is 0 Å². The number of nitrogens with zero attached hydrogens (tertiary/aromatic N) is 1. The number of nitrogens with two attached hydrogens (primary N) is 1. The summed E-state index contributed by atoms with van der Waals surface area (Å²) in [6.07, 6.45) is 3.78.